The monoisotopic (exact) mass is 314 g/mol. The molecule has 0 bridgehead atoms. The van der Waals surface area contributed by atoms with Gasteiger partial charge in [0.1, 0.15) is 5.82 Å². The normalized spacial score (nSPS) is 10.3. The van der Waals surface area contributed by atoms with E-state index >= 15 is 0 Å². The topological polar surface area (TPSA) is 50.3 Å². The zero-order chi connectivity index (χ0) is 16.7. The van der Waals surface area contributed by atoms with Crippen LogP contribution in [0.5, 0.6) is 0 Å². The summed E-state index contributed by atoms with van der Waals surface area (Å²) in [5, 5.41) is 0. The summed E-state index contributed by atoms with van der Waals surface area (Å²) in [6, 6.07) is 9.20. The van der Waals surface area contributed by atoms with Gasteiger partial charge >= 0.3 is 0 Å². The van der Waals surface area contributed by atoms with Crippen molar-refractivity contribution in [2.75, 3.05) is 13.6 Å². The van der Waals surface area contributed by atoms with E-state index in [2.05, 4.69) is 4.98 Å². The van der Waals surface area contributed by atoms with Crippen LogP contribution < -0.4 is 0 Å². The van der Waals surface area contributed by atoms with E-state index in [4.69, 9.17) is 0 Å². The maximum absolute atomic E-state index is 12.8. The number of rotatable bonds is 7. The number of Topliss-reactive ketones (excluding diaryl/α,β-unsaturated/α-hetero) is 1. The maximum atomic E-state index is 12.8. The molecule has 0 N–H and O–H groups in total. The Morgan fingerprint density at radius 3 is 2.35 bits per heavy atom. The molecular weight excluding hydrogens is 295 g/mol. The van der Waals surface area contributed by atoms with Gasteiger partial charge in [-0.3, -0.25) is 14.6 Å². The summed E-state index contributed by atoms with van der Waals surface area (Å²) in [6.45, 7) is 0.591. The summed E-state index contributed by atoms with van der Waals surface area (Å²) in [5.74, 6) is -0.608. The first-order chi connectivity index (χ1) is 11.1. The van der Waals surface area contributed by atoms with Crippen LogP contribution >= 0.6 is 0 Å². The Morgan fingerprint density at radius 2 is 1.70 bits per heavy atom. The number of ketones is 1. The van der Waals surface area contributed by atoms with Crippen LogP contribution in [0, 0.1) is 5.82 Å². The lowest BCUT2D eigenvalue weighted by molar-refractivity contribution is -0.129. The van der Waals surface area contributed by atoms with Gasteiger partial charge in [-0.2, -0.15) is 0 Å². The van der Waals surface area contributed by atoms with Crippen molar-refractivity contribution in [1.29, 1.82) is 0 Å². The Bertz CT molecular complexity index is 656. The fourth-order valence-corrected chi connectivity index (χ4v) is 2.16. The molecule has 1 aromatic carbocycles. The van der Waals surface area contributed by atoms with Crippen LogP contribution in [0.15, 0.2) is 48.8 Å². The molecule has 0 saturated carbocycles. The highest BCUT2D eigenvalue weighted by molar-refractivity contribution is 5.97. The van der Waals surface area contributed by atoms with E-state index in [1.165, 1.54) is 24.3 Å². The second-order valence-corrected chi connectivity index (χ2v) is 5.35. The molecule has 0 unspecified atom stereocenters. The molecule has 0 aliphatic heterocycles. The average Bonchev–Trinajstić information content (AvgIpc) is 2.58. The van der Waals surface area contributed by atoms with Crippen LogP contribution in [0.2, 0.25) is 0 Å². The molecule has 0 spiro atoms. The van der Waals surface area contributed by atoms with E-state index in [1.807, 2.05) is 12.1 Å². The molecule has 2 aromatic rings. The van der Waals surface area contributed by atoms with Gasteiger partial charge in [0, 0.05) is 44.4 Å². The second-order valence-electron chi connectivity index (χ2n) is 5.35. The molecule has 1 aromatic heterocycles. The summed E-state index contributed by atoms with van der Waals surface area (Å²) in [7, 11) is 1.73. The lowest BCUT2D eigenvalue weighted by Gasteiger charge is -2.17. The third-order valence-corrected chi connectivity index (χ3v) is 3.64. The number of carbonyl (C=O) groups excluding carboxylic acids is 2. The van der Waals surface area contributed by atoms with Gasteiger partial charge in [0.05, 0.1) is 0 Å². The fraction of sp³-hybridized carbons (Fsp3) is 0.278. The van der Waals surface area contributed by atoms with E-state index in [0.29, 0.717) is 12.1 Å². The lowest BCUT2D eigenvalue weighted by Crippen LogP contribution is -2.29. The van der Waals surface area contributed by atoms with E-state index in [9.17, 15) is 14.0 Å². The summed E-state index contributed by atoms with van der Waals surface area (Å²) in [4.78, 5) is 29.6. The number of halogens is 1. The van der Waals surface area contributed by atoms with Crippen molar-refractivity contribution >= 4 is 11.7 Å². The SMILES string of the molecule is CN(CCc1ccncc1)C(=O)CCC(=O)c1ccc(F)cc1. The molecule has 0 aliphatic rings. The summed E-state index contributed by atoms with van der Waals surface area (Å²) >= 11 is 0. The third kappa shape index (κ3) is 5.29. The molecule has 0 atom stereocenters. The van der Waals surface area contributed by atoms with Crippen LogP contribution in [0.1, 0.15) is 28.8 Å². The van der Waals surface area contributed by atoms with Crippen LogP contribution in [0.4, 0.5) is 4.39 Å². The minimum atomic E-state index is -0.381. The van der Waals surface area contributed by atoms with Gasteiger partial charge in [0.25, 0.3) is 0 Å². The average molecular weight is 314 g/mol. The first kappa shape index (κ1) is 16.8. The number of likely N-dealkylation sites (N-methyl/N-ethyl adjacent to an activating group) is 1. The number of benzene rings is 1. The molecule has 23 heavy (non-hydrogen) atoms. The predicted octanol–water partition coefficient (Wildman–Crippen LogP) is 2.88. The van der Waals surface area contributed by atoms with E-state index in [0.717, 1.165) is 12.0 Å². The quantitative estimate of drug-likeness (QED) is 0.738. The van der Waals surface area contributed by atoms with Crippen molar-refractivity contribution in [2.45, 2.75) is 19.3 Å². The number of carbonyl (C=O) groups is 2. The molecule has 1 heterocycles. The highest BCUT2D eigenvalue weighted by Gasteiger charge is 2.12. The number of amides is 1. The highest BCUT2D eigenvalue weighted by Crippen LogP contribution is 2.08. The lowest BCUT2D eigenvalue weighted by atomic mass is 10.1. The van der Waals surface area contributed by atoms with Crippen LogP contribution in [-0.2, 0) is 11.2 Å². The van der Waals surface area contributed by atoms with Gasteiger partial charge in [-0.1, -0.05) is 0 Å². The predicted molar refractivity (Wildman–Crippen MR) is 85.5 cm³/mol. The Balaban J connectivity index is 1.77. The van der Waals surface area contributed by atoms with Gasteiger partial charge in [-0.25, -0.2) is 4.39 Å². The molecule has 5 heteroatoms. The molecule has 0 fully saturated rings. The Labute approximate surface area is 135 Å². The van der Waals surface area contributed by atoms with Gasteiger partial charge in [0.2, 0.25) is 5.91 Å². The molecule has 0 saturated heterocycles. The van der Waals surface area contributed by atoms with Crippen LogP contribution in [0.25, 0.3) is 0 Å². The van der Waals surface area contributed by atoms with Crippen LogP contribution in [0.3, 0.4) is 0 Å². The zero-order valence-electron chi connectivity index (χ0n) is 13.0. The van der Waals surface area contributed by atoms with Gasteiger partial charge in [-0.05, 0) is 48.4 Å². The van der Waals surface area contributed by atoms with E-state index in [1.54, 1.807) is 24.3 Å². The zero-order valence-corrected chi connectivity index (χ0v) is 13.0. The number of aromatic nitrogens is 1. The first-order valence-corrected chi connectivity index (χ1v) is 7.48. The van der Waals surface area contributed by atoms with Crippen molar-refractivity contribution in [3.63, 3.8) is 0 Å². The molecular formula is C18H19FN2O2. The Hall–Kier alpha value is -2.56. The fourth-order valence-electron chi connectivity index (χ4n) is 2.16. The van der Waals surface area contributed by atoms with Gasteiger partial charge in [-0.15, -0.1) is 0 Å². The minimum Gasteiger partial charge on any atom is -0.345 e. The highest BCUT2D eigenvalue weighted by atomic mass is 19.1. The van der Waals surface area contributed by atoms with Crippen molar-refractivity contribution in [1.82, 2.24) is 9.88 Å². The van der Waals surface area contributed by atoms with Crippen molar-refractivity contribution < 1.29 is 14.0 Å². The maximum Gasteiger partial charge on any atom is 0.222 e. The number of pyridine rings is 1. The molecule has 4 nitrogen and oxygen atoms in total. The molecule has 2 rings (SSSR count). The summed E-state index contributed by atoms with van der Waals surface area (Å²) in [6.07, 6.45) is 4.47. The molecule has 0 aliphatic carbocycles. The number of hydrogen-bond donors (Lipinski definition) is 0. The smallest absolute Gasteiger partial charge is 0.222 e. The molecule has 1 amide bonds. The summed E-state index contributed by atoms with van der Waals surface area (Å²) < 4.78 is 12.8. The molecule has 120 valence electrons. The molecule has 0 radical (unpaired) electrons. The van der Waals surface area contributed by atoms with E-state index in [-0.39, 0.29) is 30.3 Å². The summed E-state index contributed by atoms with van der Waals surface area (Å²) in [5.41, 5.74) is 1.54. The van der Waals surface area contributed by atoms with Crippen molar-refractivity contribution in [3.8, 4) is 0 Å². The van der Waals surface area contributed by atoms with Crippen molar-refractivity contribution in [3.05, 3.63) is 65.7 Å². The standard InChI is InChI=1S/C18H19FN2O2/c1-21(13-10-14-8-11-20-12-9-14)18(23)7-6-17(22)15-2-4-16(19)5-3-15/h2-5,8-9,11-12H,6-7,10,13H2,1H3. The first-order valence-electron chi connectivity index (χ1n) is 7.48. The Kier molecular flexibility index (Phi) is 5.97. The van der Waals surface area contributed by atoms with Crippen molar-refractivity contribution in [2.24, 2.45) is 0 Å². The van der Waals surface area contributed by atoms with Crippen LogP contribution in [-0.4, -0.2) is 35.2 Å². The largest absolute Gasteiger partial charge is 0.345 e. The van der Waals surface area contributed by atoms with Gasteiger partial charge in [0.15, 0.2) is 5.78 Å². The second kappa shape index (κ2) is 8.17. The number of nitrogens with zero attached hydrogens (tertiary/aromatic N) is 2. The minimum absolute atomic E-state index is 0.0745. The Morgan fingerprint density at radius 1 is 1.04 bits per heavy atom. The third-order valence-electron chi connectivity index (χ3n) is 3.64. The number of hydrogen-bond acceptors (Lipinski definition) is 3. The van der Waals surface area contributed by atoms with E-state index < -0.39 is 0 Å². The van der Waals surface area contributed by atoms with Gasteiger partial charge < -0.3 is 4.90 Å².